The SMILES string of the molecule is CNC1CC(C(C)(C)C)CN(C(=O)O)C1. The van der Waals surface area contributed by atoms with E-state index in [0.29, 0.717) is 25.0 Å². The molecule has 1 rings (SSSR count). The molecule has 4 nitrogen and oxygen atoms in total. The third kappa shape index (κ3) is 3.09. The maximum Gasteiger partial charge on any atom is 0.407 e. The predicted octanol–water partition coefficient (Wildman–Crippen LogP) is 1.62. The van der Waals surface area contributed by atoms with E-state index in [1.54, 1.807) is 0 Å². The van der Waals surface area contributed by atoms with Gasteiger partial charge < -0.3 is 15.3 Å². The van der Waals surface area contributed by atoms with Crippen LogP contribution in [0.25, 0.3) is 0 Å². The number of piperidine rings is 1. The Labute approximate surface area is 91.6 Å². The molecule has 1 fully saturated rings. The summed E-state index contributed by atoms with van der Waals surface area (Å²) in [4.78, 5) is 12.5. The van der Waals surface area contributed by atoms with Crippen molar-refractivity contribution in [2.24, 2.45) is 11.3 Å². The summed E-state index contributed by atoms with van der Waals surface area (Å²) >= 11 is 0. The van der Waals surface area contributed by atoms with Gasteiger partial charge >= 0.3 is 6.09 Å². The zero-order valence-electron chi connectivity index (χ0n) is 10.1. The van der Waals surface area contributed by atoms with E-state index in [4.69, 9.17) is 5.11 Å². The van der Waals surface area contributed by atoms with Crippen LogP contribution >= 0.6 is 0 Å². The molecule has 0 radical (unpaired) electrons. The number of carbonyl (C=O) groups is 1. The monoisotopic (exact) mass is 214 g/mol. The van der Waals surface area contributed by atoms with E-state index in [2.05, 4.69) is 26.1 Å². The van der Waals surface area contributed by atoms with Gasteiger partial charge in [0.05, 0.1) is 0 Å². The Balaban J connectivity index is 2.71. The van der Waals surface area contributed by atoms with Crippen molar-refractivity contribution < 1.29 is 9.90 Å². The lowest BCUT2D eigenvalue weighted by Crippen LogP contribution is -2.52. The third-order valence-corrected chi connectivity index (χ3v) is 3.35. The summed E-state index contributed by atoms with van der Waals surface area (Å²) in [5.74, 6) is 0.430. The Morgan fingerprint density at radius 2 is 2.00 bits per heavy atom. The summed E-state index contributed by atoms with van der Waals surface area (Å²) in [6, 6.07) is 0.291. The molecule has 0 aromatic heterocycles. The lowest BCUT2D eigenvalue weighted by molar-refractivity contribution is 0.0716. The van der Waals surface area contributed by atoms with E-state index in [9.17, 15) is 4.79 Å². The van der Waals surface area contributed by atoms with Crippen LogP contribution in [0.2, 0.25) is 0 Å². The van der Waals surface area contributed by atoms with Crippen LogP contribution in [0.3, 0.4) is 0 Å². The van der Waals surface area contributed by atoms with Gasteiger partial charge in [-0.05, 0) is 24.8 Å². The average molecular weight is 214 g/mol. The Bertz CT molecular complexity index is 235. The van der Waals surface area contributed by atoms with Gasteiger partial charge in [0.25, 0.3) is 0 Å². The van der Waals surface area contributed by atoms with E-state index in [1.807, 2.05) is 7.05 Å². The highest BCUT2D eigenvalue weighted by Gasteiger charge is 2.35. The second-order valence-corrected chi connectivity index (χ2v) is 5.47. The van der Waals surface area contributed by atoms with Crippen LogP contribution in [0.4, 0.5) is 4.79 Å². The first kappa shape index (κ1) is 12.3. The number of hydrogen-bond donors (Lipinski definition) is 2. The zero-order valence-corrected chi connectivity index (χ0v) is 10.1. The molecule has 0 aromatic rings. The number of nitrogens with one attached hydrogen (secondary N) is 1. The molecule has 15 heavy (non-hydrogen) atoms. The number of nitrogens with zero attached hydrogens (tertiary/aromatic N) is 1. The van der Waals surface area contributed by atoms with Crippen LogP contribution in [-0.4, -0.2) is 42.3 Å². The molecule has 1 saturated heterocycles. The smallest absolute Gasteiger partial charge is 0.407 e. The number of carboxylic acid groups (broad SMARTS) is 1. The molecule has 1 aliphatic heterocycles. The number of likely N-dealkylation sites (tertiary alicyclic amines) is 1. The first-order valence-corrected chi connectivity index (χ1v) is 5.49. The number of hydrogen-bond acceptors (Lipinski definition) is 2. The fourth-order valence-electron chi connectivity index (χ4n) is 2.09. The van der Waals surface area contributed by atoms with Crippen molar-refractivity contribution in [2.75, 3.05) is 20.1 Å². The minimum absolute atomic E-state index is 0.170. The first-order valence-electron chi connectivity index (χ1n) is 5.49. The van der Waals surface area contributed by atoms with Crippen molar-refractivity contribution in [2.45, 2.75) is 33.2 Å². The highest BCUT2D eigenvalue weighted by atomic mass is 16.4. The normalized spacial score (nSPS) is 27.9. The van der Waals surface area contributed by atoms with Crippen molar-refractivity contribution in [3.63, 3.8) is 0 Å². The molecular formula is C11H22N2O2. The van der Waals surface area contributed by atoms with Gasteiger partial charge in [0.2, 0.25) is 0 Å². The largest absolute Gasteiger partial charge is 0.465 e. The summed E-state index contributed by atoms with van der Waals surface area (Å²) in [5, 5.41) is 12.2. The van der Waals surface area contributed by atoms with E-state index >= 15 is 0 Å². The maximum atomic E-state index is 11.0. The first-order chi connectivity index (χ1) is 6.84. The van der Waals surface area contributed by atoms with Gasteiger partial charge in [-0.1, -0.05) is 20.8 Å². The lowest BCUT2D eigenvalue weighted by Gasteiger charge is -2.42. The van der Waals surface area contributed by atoms with Crippen LogP contribution in [0, 0.1) is 11.3 Å². The fraction of sp³-hybridized carbons (Fsp3) is 0.909. The number of likely N-dealkylation sites (N-methyl/N-ethyl adjacent to an activating group) is 1. The van der Waals surface area contributed by atoms with Crippen LogP contribution in [-0.2, 0) is 0 Å². The van der Waals surface area contributed by atoms with Gasteiger partial charge in [-0.3, -0.25) is 0 Å². The van der Waals surface area contributed by atoms with Crippen LogP contribution in [0.5, 0.6) is 0 Å². The third-order valence-electron chi connectivity index (χ3n) is 3.35. The molecule has 1 heterocycles. The molecule has 2 atom stereocenters. The predicted molar refractivity (Wildman–Crippen MR) is 60.0 cm³/mol. The van der Waals surface area contributed by atoms with Gasteiger partial charge in [0.1, 0.15) is 0 Å². The molecule has 0 aromatic carbocycles. The van der Waals surface area contributed by atoms with Gasteiger partial charge in [0, 0.05) is 19.1 Å². The number of amides is 1. The van der Waals surface area contributed by atoms with Crippen molar-refractivity contribution in [3.05, 3.63) is 0 Å². The van der Waals surface area contributed by atoms with Gasteiger partial charge in [0.15, 0.2) is 0 Å². The van der Waals surface area contributed by atoms with Gasteiger partial charge in [-0.25, -0.2) is 4.79 Å². The molecular weight excluding hydrogens is 192 g/mol. The van der Waals surface area contributed by atoms with Crippen molar-refractivity contribution in [1.82, 2.24) is 10.2 Å². The van der Waals surface area contributed by atoms with Gasteiger partial charge in [-0.15, -0.1) is 0 Å². The van der Waals surface area contributed by atoms with E-state index in [-0.39, 0.29) is 5.41 Å². The van der Waals surface area contributed by atoms with Crippen molar-refractivity contribution in [3.8, 4) is 0 Å². The summed E-state index contributed by atoms with van der Waals surface area (Å²) in [6.07, 6.45) is 0.258. The summed E-state index contributed by atoms with van der Waals surface area (Å²) < 4.78 is 0. The van der Waals surface area contributed by atoms with Crippen LogP contribution < -0.4 is 5.32 Å². The molecule has 88 valence electrons. The van der Waals surface area contributed by atoms with E-state index in [1.165, 1.54) is 4.90 Å². The summed E-state index contributed by atoms with van der Waals surface area (Å²) in [6.45, 7) is 7.80. The molecule has 0 bridgehead atoms. The molecule has 2 N–H and O–H groups in total. The molecule has 4 heteroatoms. The van der Waals surface area contributed by atoms with Crippen LogP contribution in [0.15, 0.2) is 0 Å². The lowest BCUT2D eigenvalue weighted by atomic mass is 9.75. The van der Waals surface area contributed by atoms with Crippen molar-refractivity contribution >= 4 is 6.09 Å². The Hall–Kier alpha value is -0.770. The molecule has 1 amide bonds. The molecule has 1 aliphatic rings. The second-order valence-electron chi connectivity index (χ2n) is 5.47. The standard InChI is InChI=1S/C11H22N2O2/c1-11(2,3)8-5-9(12-4)7-13(6-8)10(14)15/h8-9,12H,5-7H2,1-4H3,(H,14,15). The highest BCUT2D eigenvalue weighted by Crippen LogP contribution is 2.33. The molecule has 0 spiro atoms. The molecule has 0 saturated carbocycles. The average Bonchev–Trinajstić information content (AvgIpc) is 2.15. The Kier molecular flexibility index (Phi) is 3.60. The Morgan fingerprint density at radius 1 is 1.40 bits per heavy atom. The number of rotatable bonds is 1. The minimum Gasteiger partial charge on any atom is -0.465 e. The van der Waals surface area contributed by atoms with E-state index < -0.39 is 6.09 Å². The summed E-state index contributed by atoms with van der Waals surface area (Å²) in [5.41, 5.74) is 0.170. The Morgan fingerprint density at radius 3 is 2.40 bits per heavy atom. The quantitative estimate of drug-likeness (QED) is 0.697. The summed E-state index contributed by atoms with van der Waals surface area (Å²) in [7, 11) is 1.90. The molecule has 0 aliphatic carbocycles. The van der Waals surface area contributed by atoms with Crippen molar-refractivity contribution in [1.29, 1.82) is 0 Å². The van der Waals surface area contributed by atoms with Crippen LogP contribution in [0.1, 0.15) is 27.2 Å². The highest BCUT2D eigenvalue weighted by molar-refractivity contribution is 5.65. The fourth-order valence-corrected chi connectivity index (χ4v) is 2.09. The van der Waals surface area contributed by atoms with E-state index in [0.717, 1.165) is 6.42 Å². The van der Waals surface area contributed by atoms with Gasteiger partial charge in [-0.2, -0.15) is 0 Å². The topological polar surface area (TPSA) is 52.6 Å². The zero-order chi connectivity index (χ0) is 11.6. The minimum atomic E-state index is -0.802. The second kappa shape index (κ2) is 4.39. The molecule has 2 unspecified atom stereocenters. The maximum absolute atomic E-state index is 11.0.